The molecular weight excluding hydrogens is 400 g/mol. The summed E-state index contributed by atoms with van der Waals surface area (Å²) in [6, 6.07) is 5.75. The summed E-state index contributed by atoms with van der Waals surface area (Å²) in [5, 5.41) is 3.70. The van der Waals surface area contributed by atoms with Crippen LogP contribution in [0.1, 0.15) is 25.3 Å². The van der Waals surface area contributed by atoms with Crippen LogP contribution >= 0.6 is 0 Å². The van der Waals surface area contributed by atoms with Crippen molar-refractivity contribution in [2.24, 2.45) is 5.10 Å². The molecular formula is C17H16F4N4O2S. The van der Waals surface area contributed by atoms with Crippen molar-refractivity contribution >= 4 is 21.4 Å². The maximum Gasteiger partial charge on any atom is 0.254 e. The number of sulfonamides is 1. The average Bonchev–Trinajstić information content (AvgIpc) is 3.22. The van der Waals surface area contributed by atoms with Gasteiger partial charge in [-0.15, -0.1) is 0 Å². The van der Waals surface area contributed by atoms with Gasteiger partial charge in [-0.3, -0.25) is 5.43 Å². The van der Waals surface area contributed by atoms with Gasteiger partial charge in [0, 0.05) is 13.1 Å². The zero-order valence-corrected chi connectivity index (χ0v) is 15.5. The predicted octanol–water partition coefficient (Wildman–Crippen LogP) is 3.26. The molecule has 28 heavy (non-hydrogen) atoms. The fourth-order valence-corrected chi connectivity index (χ4v) is 4.25. The fourth-order valence-electron chi connectivity index (χ4n) is 2.74. The molecule has 0 amide bonds. The summed E-state index contributed by atoms with van der Waals surface area (Å²) in [6.07, 6.45) is 1.64. The Labute approximate surface area is 158 Å². The van der Waals surface area contributed by atoms with Crippen molar-refractivity contribution in [2.45, 2.75) is 24.7 Å². The Balaban J connectivity index is 1.81. The van der Waals surface area contributed by atoms with Crippen molar-refractivity contribution in [1.29, 1.82) is 0 Å². The van der Waals surface area contributed by atoms with Crippen LogP contribution < -0.4 is 5.43 Å². The Hall–Kier alpha value is -2.53. The number of anilines is 1. The van der Waals surface area contributed by atoms with Crippen LogP contribution in [0.5, 0.6) is 0 Å². The number of aromatic nitrogens is 1. The van der Waals surface area contributed by atoms with E-state index >= 15 is 0 Å². The summed E-state index contributed by atoms with van der Waals surface area (Å²) in [5.41, 5.74) is 1.49. The summed E-state index contributed by atoms with van der Waals surface area (Å²) in [6.45, 7) is 2.43. The second-order valence-electron chi connectivity index (χ2n) is 6.14. The van der Waals surface area contributed by atoms with Gasteiger partial charge in [0.05, 0.1) is 10.6 Å². The van der Waals surface area contributed by atoms with Crippen molar-refractivity contribution < 1.29 is 26.0 Å². The third-order valence-corrected chi connectivity index (χ3v) is 6.22. The summed E-state index contributed by atoms with van der Waals surface area (Å²) in [5.74, 6) is -7.01. The maximum atomic E-state index is 13.6. The van der Waals surface area contributed by atoms with E-state index in [9.17, 15) is 26.0 Å². The molecule has 0 saturated carbocycles. The standard InChI is InChI=1S/C17H16F4N4O2S/c1-10(23-24-15-13(18)16(20)22-17(21)14(15)19)11-4-6-12(7-5-11)28(26,27)25-8-2-3-9-25/h4-7H,2-3,8-9H2,1H3,(H,22,24)/b23-10+. The van der Waals surface area contributed by atoms with Crippen LogP contribution in [0.2, 0.25) is 0 Å². The lowest BCUT2D eigenvalue weighted by molar-refractivity contribution is 0.411. The molecule has 6 nitrogen and oxygen atoms in total. The van der Waals surface area contributed by atoms with Gasteiger partial charge in [0.1, 0.15) is 5.69 Å². The second kappa shape index (κ2) is 7.84. The highest BCUT2D eigenvalue weighted by atomic mass is 32.2. The molecule has 0 radical (unpaired) electrons. The van der Waals surface area contributed by atoms with Gasteiger partial charge in [0.15, 0.2) is 0 Å². The molecule has 1 aromatic heterocycles. The highest BCUT2D eigenvalue weighted by molar-refractivity contribution is 7.89. The molecule has 2 heterocycles. The summed E-state index contributed by atoms with van der Waals surface area (Å²) in [4.78, 5) is 2.57. The average molecular weight is 416 g/mol. The molecule has 1 aliphatic heterocycles. The molecule has 11 heteroatoms. The molecule has 2 aromatic rings. The SMILES string of the molecule is C/C(=N\Nc1c(F)c(F)nc(F)c1F)c1ccc(S(=O)(=O)N2CCCC2)cc1. The first-order valence-corrected chi connectivity index (χ1v) is 9.76. The molecule has 0 bridgehead atoms. The molecule has 1 aliphatic rings. The topological polar surface area (TPSA) is 74.7 Å². The van der Waals surface area contributed by atoms with Gasteiger partial charge < -0.3 is 0 Å². The lowest BCUT2D eigenvalue weighted by Crippen LogP contribution is -2.27. The Morgan fingerprint density at radius 3 is 2.11 bits per heavy atom. The number of nitrogens with one attached hydrogen (secondary N) is 1. The predicted molar refractivity (Wildman–Crippen MR) is 94.3 cm³/mol. The van der Waals surface area contributed by atoms with Crippen LogP contribution in [-0.2, 0) is 10.0 Å². The Morgan fingerprint density at radius 2 is 1.57 bits per heavy atom. The smallest absolute Gasteiger partial charge is 0.254 e. The van der Waals surface area contributed by atoms with E-state index in [0.717, 1.165) is 12.8 Å². The van der Waals surface area contributed by atoms with Crippen LogP contribution in [0.15, 0.2) is 34.3 Å². The first kappa shape index (κ1) is 20.2. The van der Waals surface area contributed by atoms with Crippen LogP contribution in [0, 0.1) is 23.5 Å². The minimum Gasteiger partial charge on any atom is -0.272 e. The fraction of sp³-hybridized carbons (Fsp3) is 0.294. The third-order valence-electron chi connectivity index (χ3n) is 4.31. The van der Waals surface area contributed by atoms with E-state index in [0.29, 0.717) is 18.7 Å². The minimum absolute atomic E-state index is 0.120. The van der Waals surface area contributed by atoms with Crippen molar-refractivity contribution in [3.63, 3.8) is 0 Å². The minimum atomic E-state index is -3.57. The van der Waals surface area contributed by atoms with Crippen molar-refractivity contribution in [1.82, 2.24) is 9.29 Å². The van der Waals surface area contributed by atoms with E-state index in [4.69, 9.17) is 0 Å². The van der Waals surface area contributed by atoms with Gasteiger partial charge in [0.25, 0.3) is 11.9 Å². The van der Waals surface area contributed by atoms with Crippen LogP contribution in [0.4, 0.5) is 23.2 Å². The van der Waals surface area contributed by atoms with Gasteiger partial charge in [-0.1, -0.05) is 12.1 Å². The van der Waals surface area contributed by atoms with E-state index < -0.39 is 39.2 Å². The van der Waals surface area contributed by atoms with Crippen molar-refractivity contribution in [2.75, 3.05) is 18.5 Å². The third kappa shape index (κ3) is 3.85. The quantitative estimate of drug-likeness (QED) is 0.351. The molecule has 150 valence electrons. The number of pyridine rings is 1. The summed E-state index contributed by atoms with van der Waals surface area (Å²) in [7, 11) is -3.57. The maximum absolute atomic E-state index is 13.6. The number of halogens is 4. The van der Waals surface area contributed by atoms with E-state index in [1.54, 1.807) is 0 Å². The molecule has 1 fully saturated rings. The number of benzene rings is 1. The summed E-state index contributed by atoms with van der Waals surface area (Å²) < 4.78 is 79.8. The first-order valence-electron chi connectivity index (χ1n) is 8.32. The molecule has 1 N–H and O–H groups in total. The second-order valence-corrected chi connectivity index (χ2v) is 8.08. The summed E-state index contributed by atoms with van der Waals surface area (Å²) >= 11 is 0. The van der Waals surface area contributed by atoms with Gasteiger partial charge in [-0.2, -0.15) is 32.0 Å². The Bertz CT molecular complexity index is 994. The number of hydrazone groups is 1. The highest BCUT2D eigenvalue weighted by Crippen LogP contribution is 2.23. The van der Waals surface area contributed by atoms with Gasteiger partial charge in [0.2, 0.25) is 21.7 Å². The Morgan fingerprint density at radius 1 is 1.04 bits per heavy atom. The van der Waals surface area contributed by atoms with E-state index in [1.165, 1.54) is 35.5 Å². The molecule has 0 aliphatic carbocycles. The zero-order chi connectivity index (χ0) is 20.5. The molecule has 1 saturated heterocycles. The van der Waals surface area contributed by atoms with Crippen LogP contribution in [0.3, 0.4) is 0 Å². The first-order chi connectivity index (χ1) is 13.2. The largest absolute Gasteiger partial charge is 0.272 e. The van der Waals surface area contributed by atoms with E-state index in [-0.39, 0.29) is 10.6 Å². The number of nitrogens with zero attached hydrogens (tertiary/aromatic N) is 3. The highest BCUT2D eigenvalue weighted by Gasteiger charge is 2.27. The van der Waals surface area contributed by atoms with Gasteiger partial charge >= 0.3 is 0 Å². The van der Waals surface area contributed by atoms with E-state index in [1.807, 2.05) is 5.43 Å². The van der Waals surface area contributed by atoms with Crippen LogP contribution in [-0.4, -0.2) is 36.5 Å². The normalized spacial score (nSPS) is 15.8. The lowest BCUT2D eigenvalue weighted by atomic mass is 10.1. The zero-order valence-electron chi connectivity index (χ0n) is 14.7. The van der Waals surface area contributed by atoms with E-state index in [2.05, 4.69) is 10.1 Å². The Kier molecular flexibility index (Phi) is 5.66. The molecule has 0 spiro atoms. The molecule has 0 atom stereocenters. The number of hydrogen-bond donors (Lipinski definition) is 1. The van der Waals surface area contributed by atoms with Crippen molar-refractivity contribution in [3.8, 4) is 0 Å². The molecule has 1 aromatic carbocycles. The number of rotatable bonds is 5. The number of hydrogen-bond acceptors (Lipinski definition) is 5. The molecule has 3 rings (SSSR count). The van der Waals surface area contributed by atoms with Gasteiger partial charge in [-0.05, 0) is 37.5 Å². The monoisotopic (exact) mass is 416 g/mol. The van der Waals surface area contributed by atoms with Crippen molar-refractivity contribution in [3.05, 3.63) is 53.4 Å². The van der Waals surface area contributed by atoms with Gasteiger partial charge in [-0.25, -0.2) is 8.42 Å². The van der Waals surface area contributed by atoms with Crippen LogP contribution in [0.25, 0.3) is 0 Å². The molecule has 0 unspecified atom stereocenters. The lowest BCUT2D eigenvalue weighted by Gasteiger charge is -2.15.